The highest BCUT2D eigenvalue weighted by Gasteiger charge is 2.44. The quantitative estimate of drug-likeness (QED) is 0.821. The maximum atomic E-state index is 13.6. The van der Waals surface area contributed by atoms with Crippen molar-refractivity contribution in [1.82, 2.24) is 9.80 Å². The standard InChI is InChI=1S/C22H24N2O4/c1-23-20(15-7-9-16(27-2)10-8-15)19(22(26)24-11-13-28-14-12-24)17-5-3-4-6-18(17)21(23)25/h3-10,19-20H,11-14H2,1-2H3. The molecule has 146 valence electrons. The minimum Gasteiger partial charge on any atom is -0.497 e. The molecular formula is C22H24N2O4. The first-order valence-corrected chi connectivity index (χ1v) is 9.48. The Balaban J connectivity index is 1.80. The van der Waals surface area contributed by atoms with Crippen molar-refractivity contribution in [3.63, 3.8) is 0 Å². The van der Waals surface area contributed by atoms with Gasteiger partial charge in [0.1, 0.15) is 5.75 Å². The first kappa shape index (κ1) is 18.5. The van der Waals surface area contributed by atoms with Gasteiger partial charge in [-0.1, -0.05) is 30.3 Å². The molecule has 28 heavy (non-hydrogen) atoms. The second kappa shape index (κ2) is 7.64. The van der Waals surface area contributed by atoms with Crippen LogP contribution >= 0.6 is 0 Å². The van der Waals surface area contributed by atoms with E-state index in [1.165, 1.54) is 0 Å². The van der Waals surface area contributed by atoms with Gasteiger partial charge in [0, 0.05) is 25.7 Å². The van der Waals surface area contributed by atoms with Gasteiger partial charge in [-0.2, -0.15) is 0 Å². The van der Waals surface area contributed by atoms with Crippen molar-refractivity contribution in [3.8, 4) is 5.75 Å². The molecule has 2 unspecified atom stereocenters. The third-order valence-electron chi connectivity index (χ3n) is 5.63. The van der Waals surface area contributed by atoms with Crippen molar-refractivity contribution in [2.75, 3.05) is 40.5 Å². The zero-order valence-electron chi connectivity index (χ0n) is 16.1. The average molecular weight is 380 g/mol. The van der Waals surface area contributed by atoms with Gasteiger partial charge in [-0.15, -0.1) is 0 Å². The summed E-state index contributed by atoms with van der Waals surface area (Å²) in [5.41, 5.74) is 2.31. The highest BCUT2D eigenvalue weighted by atomic mass is 16.5. The predicted octanol–water partition coefficient (Wildman–Crippen LogP) is 2.46. The van der Waals surface area contributed by atoms with E-state index < -0.39 is 5.92 Å². The van der Waals surface area contributed by atoms with Crippen molar-refractivity contribution >= 4 is 11.8 Å². The van der Waals surface area contributed by atoms with Crippen LogP contribution in [0.3, 0.4) is 0 Å². The third-order valence-corrected chi connectivity index (χ3v) is 5.63. The van der Waals surface area contributed by atoms with Gasteiger partial charge in [-0.05, 0) is 29.3 Å². The zero-order valence-corrected chi connectivity index (χ0v) is 16.1. The fraction of sp³-hybridized carbons (Fsp3) is 0.364. The van der Waals surface area contributed by atoms with E-state index in [1.54, 1.807) is 25.1 Å². The number of fused-ring (bicyclic) bond motifs is 1. The van der Waals surface area contributed by atoms with E-state index in [1.807, 2.05) is 47.4 Å². The van der Waals surface area contributed by atoms with Crippen molar-refractivity contribution < 1.29 is 19.1 Å². The summed E-state index contributed by atoms with van der Waals surface area (Å²) in [6, 6.07) is 14.7. The van der Waals surface area contributed by atoms with E-state index in [0.29, 0.717) is 31.9 Å². The van der Waals surface area contributed by atoms with Crippen LogP contribution in [0.5, 0.6) is 5.75 Å². The second-order valence-electron chi connectivity index (χ2n) is 7.14. The molecule has 0 bridgehead atoms. The smallest absolute Gasteiger partial charge is 0.254 e. The fourth-order valence-corrected chi connectivity index (χ4v) is 4.14. The molecule has 0 radical (unpaired) electrons. The molecule has 2 heterocycles. The monoisotopic (exact) mass is 380 g/mol. The van der Waals surface area contributed by atoms with Crippen molar-refractivity contribution in [3.05, 3.63) is 65.2 Å². The molecule has 0 saturated carbocycles. The Morgan fingerprint density at radius 1 is 1.07 bits per heavy atom. The molecule has 2 atom stereocenters. The summed E-state index contributed by atoms with van der Waals surface area (Å²) < 4.78 is 10.7. The van der Waals surface area contributed by atoms with Gasteiger partial charge in [0.2, 0.25) is 5.91 Å². The number of carbonyl (C=O) groups excluding carboxylic acids is 2. The summed E-state index contributed by atoms with van der Waals surface area (Å²) in [6.07, 6.45) is 0. The summed E-state index contributed by atoms with van der Waals surface area (Å²) in [5, 5.41) is 0. The SMILES string of the molecule is COc1ccc(C2C(C(=O)N3CCOCC3)c3ccccc3C(=O)N2C)cc1. The summed E-state index contributed by atoms with van der Waals surface area (Å²) in [4.78, 5) is 30.1. The van der Waals surface area contributed by atoms with E-state index >= 15 is 0 Å². The summed E-state index contributed by atoms with van der Waals surface area (Å²) in [7, 11) is 3.39. The Hall–Kier alpha value is -2.86. The number of benzene rings is 2. The van der Waals surface area contributed by atoms with Crippen molar-refractivity contribution in [1.29, 1.82) is 0 Å². The average Bonchev–Trinajstić information content (AvgIpc) is 2.76. The Kier molecular flexibility index (Phi) is 5.05. The van der Waals surface area contributed by atoms with Gasteiger partial charge in [0.15, 0.2) is 0 Å². The number of amides is 2. The third kappa shape index (κ3) is 3.14. The first-order valence-electron chi connectivity index (χ1n) is 9.48. The number of hydrogen-bond donors (Lipinski definition) is 0. The molecular weight excluding hydrogens is 356 g/mol. The molecule has 1 fully saturated rings. The molecule has 2 amide bonds. The van der Waals surface area contributed by atoms with Crippen LogP contribution in [0.15, 0.2) is 48.5 Å². The van der Waals surface area contributed by atoms with Gasteiger partial charge >= 0.3 is 0 Å². The number of likely N-dealkylation sites (N-methyl/N-ethyl adjacent to an activating group) is 1. The maximum Gasteiger partial charge on any atom is 0.254 e. The second-order valence-corrected chi connectivity index (χ2v) is 7.14. The number of morpholine rings is 1. The Morgan fingerprint density at radius 3 is 2.43 bits per heavy atom. The lowest BCUT2D eigenvalue weighted by Crippen LogP contribution is -2.49. The Morgan fingerprint density at radius 2 is 1.75 bits per heavy atom. The minimum absolute atomic E-state index is 0.0379. The Bertz CT molecular complexity index is 874. The van der Waals surface area contributed by atoms with Crippen molar-refractivity contribution in [2.24, 2.45) is 0 Å². The van der Waals surface area contributed by atoms with Gasteiger partial charge < -0.3 is 19.3 Å². The highest BCUT2D eigenvalue weighted by Crippen LogP contribution is 2.43. The van der Waals surface area contributed by atoms with Gasteiger partial charge in [0.25, 0.3) is 5.91 Å². The molecule has 0 aromatic heterocycles. The van der Waals surface area contributed by atoms with Crippen LogP contribution in [0.2, 0.25) is 0 Å². The lowest BCUT2D eigenvalue weighted by molar-refractivity contribution is -0.138. The largest absolute Gasteiger partial charge is 0.497 e. The van der Waals surface area contributed by atoms with Crippen molar-refractivity contribution in [2.45, 2.75) is 12.0 Å². The van der Waals surface area contributed by atoms with E-state index in [-0.39, 0.29) is 17.9 Å². The number of methoxy groups -OCH3 is 1. The molecule has 6 nitrogen and oxygen atoms in total. The number of carbonyl (C=O) groups is 2. The van der Waals surface area contributed by atoms with Crippen LogP contribution in [-0.4, -0.2) is 62.1 Å². The lowest BCUT2D eigenvalue weighted by Gasteiger charge is -2.42. The van der Waals surface area contributed by atoms with Crippen LogP contribution in [-0.2, 0) is 9.53 Å². The normalized spacial score (nSPS) is 22.0. The summed E-state index contributed by atoms with van der Waals surface area (Å²) >= 11 is 0. The summed E-state index contributed by atoms with van der Waals surface area (Å²) in [6.45, 7) is 2.24. The van der Waals surface area contributed by atoms with Gasteiger partial charge in [-0.25, -0.2) is 0 Å². The fourth-order valence-electron chi connectivity index (χ4n) is 4.14. The van der Waals surface area contributed by atoms with Crippen LogP contribution in [0, 0.1) is 0 Å². The van der Waals surface area contributed by atoms with Gasteiger partial charge in [-0.3, -0.25) is 9.59 Å². The summed E-state index contributed by atoms with van der Waals surface area (Å²) in [5.74, 6) is 0.258. The molecule has 2 aliphatic rings. The van der Waals surface area contributed by atoms with E-state index in [2.05, 4.69) is 0 Å². The molecule has 2 aromatic carbocycles. The number of ether oxygens (including phenoxy) is 2. The van der Waals surface area contributed by atoms with Gasteiger partial charge in [0.05, 0.1) is 32.3 Å². The lowest BCUT2D eigenvalue weighted by atomic mass is 9.79. The van der Waals surface area contributed by atoms with E-state index in [9.17, 15) is 9.59 Å². The first-order chi connectivity index (χ1) is 13.6. The van der Waals surface area contributed by atoms with E-state index in [4.69, 9.17) is 9.47 Å². The zero-order chi connectivity index (χ0) is 19.7. The molecule has 1 saturated heterocycles. The number of nitrogens with zero attached hydrogens (tertiary/aromatic N) is 2. The van der Waals surface area contributed by atoms with Crippen LogP contribution in [0.4, 0.5) is 0 Å². The minimum atomic E-state index is -0.453. The number of hydrogen-bond acceptors (Lipinski definition) is 4. The van der Waals surface area contributed by atoms with E-state index in [0.717, 1.165) is 16.9 Å². The maximum absolute atomic E-state index is 13.6. The molecule has 6 heteroatoms. The predicted molar refractivity (Wildman–Crippen MR) is 104 cm³/mol. The molecule has 0 aliphatic carbocycles. The molecule has 4 rings (SSSR count). The molecule has 0 N–H and O–H groups in total. The molecule has 0 spiro atoms. The molecule has 2 aliphatic heterocycles. The highest BCUT2D eigenvalue weighted by molar-refractivity contribution is 6.01. The molecule has 2 aromatic rings. The Labute approximate surface area is 164 Å². The topological polar surface area (TPSA) is 59.1 Å². The number of rotatable bonds is 3. The van der Waals surface area contributed by atoms with Crippen LogP contribution in [0.1, 0.15) is 33.4 Å². The van der Waals surface area contributed by atoms with Crippen LogP contribution < -0.4 is 4.74 Å². The van der Waals surface area contributed by atoms with Crippen LogP contribution in [0.25, 0.3) is 0 Å².